The van der Waals surface area contributed by atoms with Gasteiger partial charge in [0.1, 0.15) is 5.29 Å². The van der Waals surface area contributed by atoms with Crippen LogP contribution in [0.1, 0.15) is 103 Å². The van der Waals surface area contributed by atoms with E-state index in [2.05, 4.69) is 67.5 Å². The molecule has 5 nitrogen and oxygen atoms in total. The lowest BCUT2D eigenvalue weighted by molar-refractivity contribution is -0.149. The van der Waals surface area contributed by atoms with Crippen molar-refractivity contribution >= 4 is 35.2 Å². The molecular formula is C27H43O5P. The number of esters is 2. The first-order valence-electron chi connectivity index (χ1n) is 12.1. The average Bonchev–Trinajstić information content (AvgIpc) is 2.77. The molecule has 1 rings (SSSR count). The van der Waals surface area contributed by atoms with Gasteiger partial charge in [0.05, 0.1) is 14.2 Å². The van der Waals surface area contributed by atoms with E-state index in [0.717, 1.165) is 18.1 Å². The highest BCUT2D eigenvalue weighted by Crippen LogP contribution is 2.53. The van der Waals surface area contributed by atoms with Crippen LogP contribution in [0.3, 0.4) is 0 Å². The molecule has 0 fully saturated rings. The molecule has 0 amide bonds. The summed E-state index contributed by atoms with van der Waals surface area (Å²) in [6.07, 6.45) is 2.89. The number of Topliss-reactive ketones (excluding diaryl/α,β-unsaturated/α-hetero) is 1. The summed E-state index contributed by atoms with van der Waals surface area (Å²) in [6, 6.07) is 4.49. The number of ether oxygens (including phenoxy) is 2. The van der Waals surface area contributed by atoms with Gasteiger partial charge < -0.3 is 9.47 Å². The first-order chi connectivity index (χ1) is 15.4. The molecule has 0 spiro atoms. The lowest BCUT2D eigenvalue weighted by Gasteiger charge is -2.36. The molecule has 0 aliphatic heterocycles. The molecule has 33 heavy (non-hydrogen) atoms. The number of benzene rings is 1. The number of hydrogen-bond donors (Lipinski definition) is 0. The van der Waals surface area contributed by atoms with Crippen molar-refractivity contribution in [3.8, 4) is 0 Å². The average molecular weight is 479 g/mol. The first-order valence-corrected chi connectivity index (χ1v) is 14.2. The largest absolute Gasteiger partial charge is 0.465 e. The van der Waals surface area contributed by atoms with Crippen LogP contribution >= 0.6 is 6.89 Å². The second-order valence-electron chi connectivity index (χ2n) is 9.59. The zero-order valence-corrected chi connectivity index (χ0v) is 23.1. The summed E-state index contributed by atoms with van der Waals surface area (Å²) in [4.78, 5) is 39.1. The van der Waals surface area contributed by atoms with Gasteiger partial charge in [0, 0.05) is 0 Å². The van der Waals surface area contributed by atoms with Crippen LogP contribution in [0.15, 0.2) is 12.1 Å². The number of carbonyl (C=O) groups is 3. The van der Waals surface area contributed by atoms with Crippen LogP contribution < -0.4 is 5.30 Å². The molecule has 1 aromatic carbocycles. The summed E-state index contributed by atoms with van der Waals surface area (Å²) in [6.45, 7) is 14.5. The van der Waals surface area contributed by atoms with Crippen LogP contribution in [0.2, 0.25) is 0 Å². The Bertz CT molecular complexity index is 885. The molecule has 186 valence electrons. The summed E-state index contributed by atoms with van der Waals surface area (Å²) < 4.78 is 9.92. The van der Waals surface area contributed by atoms with Gasteiger partial charge in [-0.05, 0) is 52.1 Å². The smallest absolute Gasteiger partial charge is 0.379 e. The minimum Gasteiger partial charge on any atom is -0.465 e. The van der Waals surface area contributed by atoms with Crippen molar-refractivity contribution in [2.45, 2.75) is 86.0 Å². The van der Waals surface area contributed by atoms with Crippen LogP contribution in [-0.2, 0) is 23.9 Å². The fourth-order valence-electron chi connectivity index (χ4n) is 4.59. The SMILES string of the molecule is CCCP(CCC)(=C(C(=O)OC)C(=O)C(=O)OC)c1c(C(C)C)cc(C(C)C)cc1C(C)C. The molecule has 0 N–H and O–H groups in total. The van der Waals surface area contributed by atoms with Gasteiger partial charge in [-0.1, -0.05) is 87.3 Å². The monoisotopic (exact) mass is 478 g/mol. The number of hydrogen-bond acceptors (Lipinski definition) is 5. The van der Waals surface area contributed by atoms with Crippen molar-refractivity contribution in [2.75, 3.05) is 26.5 Å². The van der Waals surface area contributed by atoms with Gasteiger partial charge >= 0.3 is 11.9 Å². The van der Waals surface area contributed by atoms with Crippen molar-refractivity contribution < 1.29 is 23.9 Å². The predicted molar refractivity (Wildman–Crippen MR) is 140 cm³/mol. The second-order valence-corrected chi connectivity index (χ2v) is 13.3. The second kappa shape index (κ2) is 12.6. The van der Waals surface area contributed by atoms with E-state index in [1.165, 1.54) is 30.9 Å². The third-order valence-corrected chi connectivity index (χ3v) is 11.2. The van der Waals surface area contributed by atoms with E-state index in [1.54, 1.807) is 0 Å². The highest BCUT2D eigenvalue weighted by molar-refractivity contribution is 7.86. The molecule has 1 aromatic rings. The topological polar surface area (TPSA) is 69.7 Å². The fraction of sp³-hybridized carbons (Fsp3) is 0.630. The van der Waals surface area contributed by atoms with Crippen molar-refractivity contribution in [1.29, 1.82) is 0 Å². The molecule has 0 aromatic heterocycles. The first kappa shape index (κ1) is 29.2. The van der Waals surface area contributed by atoms with Gasteiger partial charge in [-0.15, -0.1) is 0 Å². The van der Waals surface area contributed by atoms with E-state index in [1.807, 2.05) is 0 Å². The lowest BCUT2D eigenvalue weighted by atomic mass is 9.89. The Balaban J connectivity index is 4.52. The Kier molecular flexibility index (Phi) is 11.1. The quantitative estimate of drug-likeness (QED) is 0.179. The predicted octanol–water partition coefficient (Wildman–Crippen LogP) is 5.61. The number of rotatable bonds is 11. The van der Waals surface area contributed by atoms with Crippen LogP contribution in [0.5, 0.6) is 0 Å². The third kappa shape index (κ3) is 6.18. The minimum atomic E-state index is -2.60. The molecule has 0 radical (unpaired) electrons. The Labute approximate surface area is 200 Å². The zero-order chi connectivity index (χ0) is 25.5. The van der Waals surface area contributed by atoms with Gasteiger partial charge in [-0.25, -0.2) is 9.59 Å². The van der Waals surface area contributed by atoms with Gasteiger partial charge in [0.2, 0.25) is 0 Å². The van der Waals surface area contributed by atoms with Crippen LogP contribution in [-0.4, -0.2) is 49.6 Å². The van der Waals surface area contributed by atoms with E-state index in [4.69, 9.17) is 9.47 Å². The molecule has 0 bridgehead atoms. The van der Waals surface area contributed by atoms with Crippen molar-refractivity contribution in [1.82, 2.24) is 0 Å². The summed E-state index contributed by atoms with van der Waals surface area (Å²) in [5, 5.41) is 1.11. The summed E-state index contributed by atoms with van der Waals surface area (Å²) in [7, 11) is 2.44. The maximum Gasteiger partial charge on any atom is 0.379 e. The molecule has 0 aliphatic carbocycles. The van der Waals surface area contributed by atoms with Crippen molar-refractivity contribution in [3.63, 3.8) is 0 Å². The van der Waals surface area contributed by atoms with Crippen molar-refractivity contribution in [3.05, 3.63) is 28.8 Å². The Morgan fingerprint density at radius 2 is 1.18 bits per heavy atom. The third-order valence-electron chi connectivity index (χ3n) is 6.13. The highest BCUT2D eigenvalue weighted by atomic mass is 31.2. The summed E-state index contributed by atoms with van der Waals surface area (Å²) in [5.41, 5.74) is 3.58. The normalized spacial score (nSPS) is 11.8. The number of methoxy groups -OCH3 is 2. The van der Waals surface area contributed by atoms with Crippen LogP contribution in [0.25, 0.3) is 0 Å². The lowest BCUT2D eigenvalue weighted by Crippen LogP contribution is -2.38. The molecule has 0 aliphatic rings. The van der Waals surface area contributed by atoms with Crippen molar-refractivity contribution in [2.24, 2.45) is 0 Å². The van der Waals surface area contributed by atoms with Crippen LogP contribution in [0.4, 0.5) is 0 Å². The highest BCUT2D eigenvalue weighted by Gasteiger charge is 2.39. The van der Waals surface area contributed by atoms with E-state index in [-0.39, 0.29) is 17.1 Å². The number of carbonyl (C=O) groups excluding carboxylic acids is 3. The molecular weight excluding hydrogens is 435 g/mol. The van der Waals surface area contributed by atoms with E-state index < -0.39 is 24.6 Å². The molecule has 0 unspecified atom stereocenters. The summed E-state index contributed by atoms with van der Waals surface area (Å²) in [5.74, 6) is -1.86. The Morgan fingerprint density at radius 3 is 1.48 bits per heavy atom. The minimum absolute atomic E-state index is 0.00152. The molecule has 0 saturated carbocycles. The van der Waals surface area contributed by atoms with Gasteiger partial charge in [-0.2, -0.15) is 0 Å². The fourth-order valence-corrected chi connectivity index (χ4v) is 10.0. The van der Waals surface area contributed by atoms with E-state index in [9.17, 15) is 14.4 Å². The van der Waals surface area contributed by atoms with E-state index in [0.29, 0.717) is 18.2 Å². The zero-order valence-electron chi connectivity index (χ0n) is 22.2. The molecule has 0 atom stereocenters. The van der Waals surface area contributed by atoms with Crippen LogP contribution in [0, 0.1) is 0 Å². The maximum absolute atomic E-state index is 13.4. The van der Waals surface area contributed by atoms with E-state index >= 15 is 0 Å². The maximum atomic E-state index is 13.4. The standard InChI is InChI=1S/C27H43O5P/c1-11-13-33(14-12-2,25(27(30)32-10)23(28)26(29)31-9)24-21(18(5)6)15-20(17(3)4)16-22(24)19(7)8/h15-19H,11-14H2,1-10H3. The number of ketones is 1. The Hall–Kier alpha value is -1.87. The molecule has 6 heteroatoms. The molecule has 0 heterocycles. The van der Waals surface area contributed by atoms with Gasteiger partial charge in [-0.3, -0.25) is 4.79 Å². The molecule has 0 saturated heterocycles. The van der Waals surface area contributed by atoms with Gasteiger partial charge in [0.15, 0.2) is 0 Å². The van der Waals surface area contributed by atoms with Gasteiger partial charge in [0.25, 0.3) is 5.78 Å². The Morgan fingerprint density at radius 1 is 0.758 bits per heavy atom. The summed E-state index contributed by atoms with van der Waals surface area (Å²) >= 11 is 0.